The van der Waals surface area contributed by atoms with E-state index >= 15 is 0 Å². The van der Waals surface area contributed by atoms with Crippen LogP contribution >= 0.6 is 11.3 Å². The third-order valence-electron chi connectivity index (χ3n) is 2.11. The Morgan fingerprint density at radius 2 is 1.60 bits per heavy atom. The normalized spacial score (nSPS) is 13.7. The topological polar surface area (TPSA) is 0 Å². The van der Waals surface area contributed by atoms with Gasteiger partial charge in [0, 0.05) is 9.75 Å². The van der Waals surface area contributed by atoms with Gasteiger partial charge in [0.15, 0.2) is 0 Å². The molecule has 0 nitrogen and oxygen atoms in total. The first kappa shape index (κ1) is 12.5. The number of hydrogen-bond acceptors (Lipinski definition) is 1. The summed E-state index contributed by atoms with van der Waals surface area (Å²) in [6, 6.07) is 4.46. The Kier molecular flexibility index (Phi) is 3.44. The highest BCUT2D eigenvalue weighted by Crippen LogP contribution is 2.30. The van der Waals surface area contributed by atoms with Crippen LogP contribution in [0.25, 0.3) is 6.08 Å². The summed E-state index contributed by atoms with van der Waals surface area (Å²) in [6.07, 6.45) is 4.51. The summed E-state index contributed by atoms with van der Waals surface area (Å²) in [7, 11) is 0. The Labute approximate surface area is 98.0 Å². The fourth-order valence-corrected chi connectivity index (χ4v) is 2.15. The predicted octanol–water partition coefficient (Wildman–Crippen LogP) is 5.10. The van der Waals surface area contributed by atoms with Gasteiger partial charge in [-0.25, -0.2) is 0 Å². The third-order valence-corrected chi connectivity index (χ3v) is 3.59. The quantitative estimate of drug-likeness (QED) is 0.620. The van der Waals surface area contributed by atoms with Gasteiger partial charge in [-0.15, -0.1) is 11.3 Å². The van der Waals surface area contributed by atoms with Crippen LogP contribution < -0.4 is 0 Å². The van der Waals surface area contributed by atoms with Crippen molar-refractivity contribution < 1.29 is 0 Å². The molecule has 1 rings (SSSR count). The molecule has 0 aromatic carbocycles. The van der Waals surface area contributed by atoms with Crippen LogP contribution in [0.3, 0.4) is 0 Å². The van der Waals surface area contributed by atoms with E-state index in [1.807, 2.05) is 11.3 Å². The maximum absolute atomic E-state index is 2.27. The Morgan fingerprint density at radius 3 is 2.00 bits per heavy atom. The van der Waals surface area contributed by atoms with Crippen molar-refractivity contribution in [3.8, 4) is 0 Å². The molecule has 0 aliphatic carbocycles. The van der Waals surface area contributed by atoms with E-state index in [1.165, 1.54) is 9.75 Å². The molecule has 0 unspecified atom stereocenters. The molecule has 0 aliphatic rings. The third kappa shape index (κ3) is 4.21. The van der Waals surface area contributed by atoms with Gasteiger partial charge in [0.05, 0.1) is 0 Å². The second-order valence-corrected chi connectivity index (χ2v) is 7.27. The van der Waals surface area contributed by atoms with Crippen LogP contribution in [-0.2, 0) is 5.41 Å². The van der Waals surface area contributed by atoms with Crippen molar-refractivity contribution in [2.24, 2.45) is 5.41 Å². The van der Waals surface area contributed by atoms with Crippen LogP contribution in [0.2, 0.25) is 0 Å². The molecule has 84 valence electrons. The molecule has 0 radical (unpaired) electrons. The van der Waals surface area contributed by atoms with Crippen LogP contribution in [0.15, 0.2) is 18.2 Å². The smallest absolute Gasteiger partial charge is 0.0270 e. The standard InChI is InChI=1S/C14H22S/c1-13(2,3)10-9-11-7-8-12(15-11)14(4,5)6/h7-10H,1-6H3/b10-9+. The molecule has 0 aliphatic heterocycles. The van der Waals surface area contributed by atoms with Crippen LogP contribution in [0.4, 0.5) is 0 Å². The van der Waals surface area contributed by atoms with Gasteiger partial charge in [-0.05, 0) is 29.0 Å². The lowest BCUT2D eigenvalue weighted by atomic mass is 9.95. The van der Waals surface area contributed by atoms with Gasteiger partial charge in [0.25, 0.3) is 0 Å². The molecular weight excluding hydrogens is 200 g/mol. The Morgan fingerprint density at radius 1 is 1.00 bits per heavy atom. The zero-order chi connectivity index (χ0) is 11.7. The molecule has 1 aromatic rings. The second-order valence-electron chi connectivity index (χ2n) is 6.15. The molecule has 0 atom stereocenters. The fraction of sp³-hybridized carbons (Fsp3) is 0.571. The number of thiophene rings is 1. The molecule has 1 aromatic heterocycles. The zero-order valence-electron chi connectivity index (χ0n) is 10.7. The van der Waals surface area contributed by atoms with E-state index in [2.05, 4.69) is 65.8 Å². The van der Waals surface area contributed by atoms with Gasteiger partial charge in [0.1, 0.15) is 0 Å². The van der Waals surface area contributed by atoms with Crippen molar-refractivity contribution in [1.82, 2.24) is 0 Å². The molecular formula is C14H22S. The van der Waals surface area contributed by atoms with Crippen LogP contribution in [0.1, 0.15) is 51.3 Å². The maximum Gasteiger partial charge on any atom is 0.0270 e. The maximum atomic E-state index is 2.27. The van der Waals surface area contributed by atoms with E-state index in [4.69, 9.17) is 0 Å². The van der Waals surface area contributed by atoms with Gasteiger partial charge in [-0.2, -0.15) is 0 Å². The monoisotopic (exact) mass is 222 g/mol. The first-order chi connectivity index (χ1) is 6.68. The molecule has 0 amide bonds. The Hall–Kier alpha value is -0.560. The van der Waals surface area contributed by atoms with Crippen molar-refractivity contribution >= 4 is 17.4 Å². The molecule has 0 saturated carbocycles. The van der Waals surface area contributed by atoms with Crippen molar-refractivity contribution in [3.05, 3.63) is 28.0 Å². The summed E-state index contributed by atoms with van der Waals surface area (Å²) in [4.78, 5) is 2.81. The summed E-state index contributed by atoms with van der Waals surface area (Å²) in [5.41, 5.74) is 0.546. The number of allylic oxidation sites excluding steroid dienone is 1. The lowest BCUT2D eigenvalue weighted by Gasteiger charge is -2.15. The lowest BCUT2D eigenvalue weighted by molar-refractivity contribution is 0.547. The SMILES string of the molecule is CC(C)(C)/C=C/c1ccc(C(C)(C)C)s1. The van der Waals surface area contributed by atoms with Crippen LogP contribution in [0.5, 0.6) is 0 Å². The molecule has 0 saturated heterocycles. The molecule has 0 bridgehead atoms. The van der Waals surface area contributed by atoms with E-state index in [1.54, 1.807) is 0 Å². The molecule has 1 heteroatoms. The van der Waals surface area contributed by atoms with Gasteiger partial charge < -0.3 is 0 Å². The lowest BCUT2D eigenvalue weighted by Crippen LogP contribution is -2.07. The summed E-state index contributed by atoms with van der Waals surface area (Å²) < 4.78 is 0. The van der Waals surface area contributed by atoms with Crippen LogP contribution in [0, 0.1) is 5.41 Å². The molecule has 1 heterocycles. The van der Waals surface area contributed by atoms with Crippen molar-refractivity contribution in [1.29, 1.82) is 0 Å². The summed E-state index contributed by atoms with van der Waals surface area (Å²) in [5.74, 6) is 0. The first-order valence-electron chi connectivity index (χ1n) is 5.48. The Balaban J connectivity index is 2.82. The van der Waals surface area contributed by atoms with Gasteiger partial charge in [-0.3, -0.25) is 0 Å². The average molecular weight is 222 g/mol. The average Bonchev–Trinajstić information content (AvgIpc) is 2.45. The van der Waals surface area contributed by atoms with Gasteiger partial charge >= 0.3 is 0 Å². The van der Waals surface area contributed by atoms with E-state index in [-0.39, 0.29) is 10.8 Å². The first-order valence-corrected chi connectivity index (χ1v) is 6.30. The minimum Gasteiger partial charge on any atom is -0.140 e. The van der Waals surface area contributed by atoms with Gasteiger partial charge in [0.2, 0.25) is 0 Å². The second kappa shape index (κ2) is 4.13. The largest absolute Gasteiger partial charge is 0.140 e. The highest BCUT2D eigenvalue weighted by atomic mass is 32.1. The molecule has 0 spiro atoms. The number of rotatable bonds is 1. The van der Waals surface area contributed by atoms with E-state index in [9.17, 15) is 0 Å². The minimum atomic E-state index is 0.270. The van der Waals surface area contributed by atoms with E-state index < -0.39 is 0 Å². The zero-order valence-corrected chi connectivity index (χ0v) is 11.5. The van der Waals surface area contributed by atoms with Crippen molar-refractivity contribution in [3.63, 3.8) is 0 Å². The van der Waals surface area contributed by atoms with Gasteiger partial charge in [-0.1, -0.05) is 47.6 Å². The highest BCUT2D eigenvalue weighted by Gasteiger charge is 2.15. The van der Waals surface area contributed by atoms with Crippen molar-refractivity contribution in [2.75, 3.05) is 0 Å². The molecule has 0 N–H and O–H groups in total. The van der Waals surface area contributed by atoms with Crippen LogP contribution in [-0.4, -0.2) is 0 Å². The number of hydrogen-bond donors (Lipinski definition) is 0. The van der Waals surface area contributed by atoms with Crippen molar-refractivity contribution in [2.45, 2.75) is 47.0 Å². The predicted molar refractivity (Wildman–Crippen MR) is 71.5 cm³/mol. The summed E-state index contributed by atoms with van der Waals surface area (Å²) in [6.45, 7) is 13.5. The fourth-order valence-electron chi connectivity index (χ4n) is 1.18. The molecule has 0 fully saturated rings. The van der Waals surface area contributed by atoms with E-state index in [0.29, 0.717) is 0 Å². The summed E-state index contributed by atoms with van der Waals surface area (Å²) >= 11 is 1.89. The van der Waals surface area contributed by atoms with E-state index in [0.717, 1.165) is 0 Å². The molecule has 15 heavy (non-hydrogen) atoms. The Bertz CT molecular complexity index is 342. The highest BCUT2D eigenvalue weighted by molar-refractivity contribution is 7.13. The minimum absolute atomic E-state index is 0.270. The summed E-state index contributed by atoms with van der Waals surface area (Å²) in [5, 5.41) is 0.